The molecule has 0 spiro atoms. The molecule has 42 heavy (non-hydrogen) atoms. The van der Waals surface area contributed by atoms with Crippen LogP contribution in [0.3, 0.4) is 0 Å². The quantitative estimate of drug-likeness (QED) is 0.293. The summed E-state index contributed by atoms with van der Waals surface area (Å²) < 4.78 is 35.5. The molecule has 1 atom stereocenters. The third kappa shape index (κ3) is 6.13. The van der Waals surface area contributed by atoms with E-state index in [4.69, 9.17) is 22.1 Å². The average Bonchev–Trinajstić information content (AvgIpc) is 3.25. The van der Waals surface area contributed by atoms with E-state index in [-0.39, 0.29) is 34.1 Å². The molecule has 1 aliphatic carbocycles. The van der Waals surface area contributed by atoms with E-state index in [1.807, 2.05) is 24.3 Å². The number of nitrogens with zero attached hydrogens (tertiary/aromatic N) is 4. The van der Waals surface area contributed by atoms with Gasteiger partial charge in [-0.3, -0.25) is 23.7 Å². The number of carbonyl (C=O) groups excluding carboxylic acids is 2. The van der Waals surface area contributed by atoms with E-state index in [2.05, 4.69) is 15.3 Å². The van der Waals surface area contributed by atoms with Crippen molar-refractivity contribution in [2.75, 3.05) is 0 Å². The highest BCUT2D eigenvalue weighted by molar-refractivity contribution is 6.30. The fourth-order valence-corrected chi connectivity index (χ4v) is 5.42. The molecule has 13 heteroatoms. The molecular weight excluding hydrogens is 570 g/mol. The number of rotatable bonds is 9. The Kier molecular flexibility index (Phi) is 8.53. The molecule has 0 aliphatic heterocycles. The largest absolute Gasteiger partial charge is 0.465 e. The van der Waals surface area contributed by atoms with Crippen molar-refractivity contribution in [1.29, 1.82) is 0 Å². The molecule has 220 valence electrons. The van der Waals surface area contributed by atoms with E-state index in [1.165, 1.54) is 19.2 Å². The normalized spacial score (nSPS) is 17.7. The smallest absolute Gasteiger partial charge is 0.333 e. The average molecular weight is 599 g/mol. The predicted octanol–water partition coefficient (Wildman–Crippen LogP) is 4.41. The van der Waals surface area contributed by atoms with Crippen molar-refractivity contribution < 1.29 is 23.1 Å². The fraction of sp³-hybridized carbons (Fsp3) is 0.345. The van der Waals surface area contributed by atoms with E-state index < -0.39 is 30.0 Å². The summed E-state index contributed by atoms with van der Waals surface area (Å²) in [7, 11) is 0. The molecule has 0 radical (unpaired) electrons. The highest BCUT2D eigenvalue weighted by atomic mass is 35.5. The second kappa shape index (κ2) is 12.3. The third-order valence-electron chi connectivity index (χ3n) is 7.47. The van der Waals surface area contributed by atoms with Crippen molar-refractivity contribution in [3.63, 3.8) is 0 Å². The Bertz CT molecular complexity index is 1670. The van der Waals surface area contributed by atoms with E-state index in [0.717, 1.165) is 30.1 Å². The summed E-state index contributed by atoms with van der Waals surface area (Å²) in [5, 5.41) is 2.95. The summed E-state index contributed by atoms with van der Waals surface area (Å²) >= 11 is 5.89. The zero-order valence-corrected chi connectivity index (χ0v) is 23.4. The molecule has 0 bridgehead atoms. The van der Waals surface area contributed by atoms with Gasteiger partial charge in [-0.2, -0.15) is 0 Å². The van der Waals surface area contributed by atoms with Crippen LogP contribution in [0.5, 0.6) is 5.88 Å². The lowest BCUT2D eigenvalue weighted by atomic mass is 9.85. The van der Waals surface area contributed by atoms with Crippen molar-refractivity contribution in [2.24, 2.45) is 11.7 Å². The lowest BCUT2D eigenvalue weighted by Crippen LogP contribution is -2.39. The number of nitrogens with two attached hydrogens (primary N) is 1. The fourth-order valence-electron chi connectivity index (χ4n) is 5.26. The zero-order chi connectivity index (χ0) is 30.0. The van der Waals surface area contributed by atoms with Crippen molar-refractivity contribution in [2.45, 2.75) is 57.7 Å². The second-order valence-corrected chi connectivity index (χ2v) is 10.7. The number of aromatic nitrogens is 4. The number of alkyl halides is 2. The van der Waals surface area contributed by atoms with Gasteiger partial charge in [0, 0.05) is 24.8 Å². The maximum atomic E-state index is 13.7. The molecule has 4 aromatic rings. The number of ether oxygens (including phenoxy) is 1. The molecule has 3 N–H and O–H groups in total. The zero-order valence-electron chi connectivity index (χ0n) is 22.7. The van der Waals surface area contributed by atoms with Crippen molar-refractivity contribution in [3.8, 4) is 11.6 Å². The number of nitrogens with one attached hydrogen (secondary N) is 1. The highest BCUT2D eigenvalue weighted by Crippen LogP contribution is 2.29. The Morgan fingerprint density at radius 3 is 2.45 bits per heavy atom. The van der Waals surface area contributed by atoms with Crippen molar-refractivity contribution in [1.82, 2.24) is 24.4 Å². The molecule has 1 aliphatic rings. The first kappa shape index (κ1) is 29.2. The third-order valence-corrected chi connectivity index (χ3v) is 7.68. The first-order valence-electron chi connectivity index (χ1n) is 13.5. The van der Waals surface area contributed by atoms with E-state index in [0.29, 0.717) is 25.1 Å². The van der Waals surface area contributed by atoms with Crippen LogP contribution >= 0.6 is 11.6 Å². The maximum Gasteiger partial charge on any atom is 0.333 e. The SMILES string of the molecule is C[C@@H](Oc1ccc(-n2c(=O)n(CC3CCC(NC(=O)c4cc(Cl)cnc4C(F)F)CC3)c3ccccc32)cn1)C(N)=O. The summed E-state index contributed by atoms with van der Waals surface area (Å²) in [5.41, 5.74) is 6.23. The van der Waals surface area contributed by atoms with Crippen molar-refractivity contribution in [3.05, 3.63) is 81.6 Å². The minimum Gasteiger partial charge on any atom is -0.465 e. The molecule has 3 heterocycles. The van der Waals surface area contributed by atoms with Crippen molar-refractivity contribution >= 4 is 34.4 Å². The summed E-state index contributed by atoms with van der Waals surface area (Å²) in [5.74, 6) is -0.862. The van der Waals surface area contributed by atoms with Crippen LogP contribution in [0.4, 0.5) is 8.78 Å². The number of carbonyl (C=O) groups is 2. The summed E-state index contributed by atoms with van der Waals surface area (Å²) in [6, 6.07) is 11.7. The van der Waals surface area contributed by atoms with Gasteiger partial charge in [-0.1, -0.05) is 23.7 Å². The van der Waals surface area contributed by atoms with Gasteiger partial charge >= 0.3 is 5.69 Å². The number of hydrogen-bond acceptors (Lipinski definition) is 6. The summed E-state index contributed by atoms with van der Waals surface area (Å²) in [4.78, 5) is 45.6. The number of fused-ring (bicyclic) bond motifs is 1. The molecule has 1 fully saturated rings. The lowest BCUT2D eigenvalue weighted by molar-refractivity contribution is -0.124. The number of hydrogen-bond donors (Lipinski definition) is 2. The topological polar surface area (TPSA) is 134 Å². The van der Waals surface area contributed by atoms with Gasteiger partial charge in [-0.05, 0) is 62.8 Å². The number of primary amides is 1. The lowest BCUT2D eigenvalue weighted by Gasteiger charge is -2.29. The van der Waals surface area contributed by atoms with Gasteiger partial charge in [0.1, 0.15) is 5.69 Å². The predicted molar refractivity (Wildman–Crippen MR) is 152 cm³/mol. The van der Waals surface area contributed by atoms with Gasteiger partial charge in [-0.25, -0.2) is 18.6 Å². The van der Waals surface area contributed by atoms with Gasteiger partial charge < -0.3 is 15.8 Å². The van der Waals surface area contributed by atoms with Crippen LogP contribution < -0.4 is 21.5 Å². The first-order valence-corrected chi connectivity index (χ1v) is 13.9. The minimum absolute atomic E-state index is 0.107. The molecule has 2 amide bonds. The molecule has 5 rings (SSSR count). The van der Waals surface area contributed by atoms with E-state index in [9.17, 15) is 23.2 Å². The Hall–Kier alpha value is -4.32. The Morgan fingerprint density at radius 2 is 1.81 bits per heavy atom. The molecular formula is C29H29ClF2N6O4. The van der Waals surface area contributed by atoms with Gasteiger partial charge in [-0.15, -0.1) is 0 Å². The molecule has 3 aromatic heterocycles. The van der Waals surface area contributed by atoms with Crippen LogP contribution in [0.25, 0.3) is 16.7 Å². The van der Waals surface area contributed by atoms with Gasteiger partial charge in [0.2, 0.25) is 5.88 Å². The second-order valence-electron chi connectivity index (χ2n) is 10.3. The molecule has 1 aromatic carbocycles. The molecule has 1 saturated carbocycles. The van der Waals surface area contributed by atoms with Crippen LogP contribution in [-0.4, -0.2) is 43.1 Å². The number of benzene rings is 1. The summed E-state index contributed by atoms with van der Waals surface area (Å²) in [6.07, 6.45) is 1.59. The highest BCUT2D eigenvalue weighted by Gasteiger charge is 2.27. The van der Waals surface area contributed by atoms with Gasteiger partial charge in [0.05, 0.1) is 33.5 Å². The number of pyridine rings is 2. The number of amides is 2. The van der Waals surface area contributed by atoms with Crippen LogP contribution in [0.2, 0.25) is 5.02 Å². The van der Waals surface area contributed by atoms with Crippen LogP contribution in [0.15, 0.2) is 59.7 Å². The number of para-hydroxylation sites is 2. The molecule has 0 unspecified atom stereocenters. The van der Waals surface area contributed by atoms with Gasteiger partial charge in [0.15, 0.2) is 6.10 Å². The minimum atomic E-state index is -2.90. The Labute approximate surface area is 244 Å². The van der Waals surface area contributed by atoms with E-state index >= 15 is 0 Å². The van der Waals surface area contributed by atoms with Crippen LogP contribution in [0, 0.1) is 5.92 Å². The maximum absolute atomic E-state index is 13.7. The standard InChI is InChI=1S/C29H29ClF2N6O4/c1-16(27(33)39)42-24-11-10-20(14-34-24)38-23-5-3-2-4-22(23)37(29(38)41)15-17-6-8-19(9-7-17)36-28(40)21-12-18(30)13-35-25(21)26(31)32/h2-5,10-14,16-17,19,26H,6-9,15H2,1H3,(H2,33,39)(H,36,40)/t16-,17?,19?/m1/s1. The summed E-state index contributed by atoms with van der Waals surface area (Å²) in [6.45, 7) is 2.00. The molecule has 10 nitrogen and oxygen atoms in total. The van der Waals surface area contributed by atoms with E-state index in [1.54, 1.807) is 21.3 Å². The Morgan fingerprint density at radius 1 is 1.10 bits per heavy atom. The Balaban J connectivity index is 1.29. The van der Waals surface area contributed by atoms with Gasteiger partial charge in [0.25, 0.3) is 18.2 Å². The molecule has 0 saturated heterocycles. The van der Waals surface area contributed by atoms with Crippen LogP contribution in [0.1, 0.15) is 55.1 Å². The monoisotopic (exact) mass is 598 g/mol. The number of imidazole rings is 1. The number of halogens is 3. The first-order chi connectivity index (χ1) is 20.1. The van der Waals surface area contributed by atoms with Crippen LogP contribution in [-0.2, 0) is 11.3 Å².